The number of halogens is 2. The van der Waals surface area contributed by atoms with Crippen LogP contribution in [0.4, 0.5) is 5.69 Å². The molecular formula is C12H17ClIN. The molecule has 2 atom stereocenters. The van der Waals surface area contributed by atoms with Gasteiger partial charge in [0, 0.05) is 9.61 Å². The Morgan fingerprint density at radius 1 is 1.40 bits per heavy atom. The highest BCUT2D eigenvalue weighted by atomic mass is 127. The van der Waals surface area contributed by atoms with E-state index in [1.807, 2.05) is 12.1 Å². The standard InChI is InChI=1S/C12H17ClIN/c1-4-8(2)9(3)15-12-6-5-10(14)7-11(12)13/h5-9,15H,4H2,1-3H3. The van der Waals surface area contributed by atoms with Gasteiger partial charge in [-0.3, -0.25) is 0 Å². The van der Waals surface area contributed by atoms with Crippen LogP contribution in [0, 0.1) is 9.49 Å². The van der Waals surface area contributed by atoms with Gasteiger partial charge in [0.15, 0.2) is 0 Å². The van der Waals surface area contributed by atoms with Crippen molar-refractivity contribution >= 4 is 39.9 Å². The molecule has 0 amide bonds. The molecule has 0 bridgehead atoms. The van der Waals surface area contributed by atoms with Crippen LogP contribution in [0.5, 0.6) is 0 Å². The van der Waals surface area contributed by atoms with Crippen molar-refractivity contribution in [2.75, 3.05) is 5.32 Å². The molecule has 1 nitrogen and oxygen atoms in total. The average Bonchev–Trinajstić information content (AvgIpc) is 2.20. The molecule has 0 saturated carbocycles. The highest BCUT2D eigenvalue weighted by Crippen LogP contribution is 2.25. The van der Waals surface area contributed by atoms with E-state index in [0.29, 0.717) is 12.0 Å². The molecule has 0 radical (unpaired) electrons. The molecule has 84 valence electrons. The minimum Gasteiger partial charge on any atom is -0.381 e. The normalized spacial score (nSPS) is 14.7. The summed E-state index contributed by atoms with van der Waals surface area (Å²) < 4.78 is 1.17. The first-order valence-electron chi connectivity index (χ1n) is 5.26. The molecule has 0 heterocycles. The Kier molecular flexibility index (Phi) is 5.19. The van der Waals surface area contributed by atoms with E-state index in [9.17, 15) is 0 Å². The molecule has 1 N–H and O–H groups in total. The van der Waals surface area contributed by atoms with Gasteiger partial charge in [0.2, 0.25) is 0 Å². The average molecular weight is 338 g/mol. The molecule has 0 aliphatic heterocycles. The van der Waals surface area contributed by atoms with Gasteiger partial charge in [-0.15, -0.1) is 0 Å². The molecule has 0 spiro atoms. The van der Waals surface area contributed by atoms with E-state index < -0.39 is 0 Å². The van der Waals surface area contributed by atoms with Crippen LogP contribution in [-0.4, -0.2) is 6.04 Å². The van der Waals surface area contributed by atoms with Crippen molar-refractivity contribution in [1.29, 1.82) is 0 Å². The number of nitrogens with one attached hydrogen (secondary N) is 1. The van der Waals surface area contributed by atoms with E-state index in [1.54, 1.807) is 0 Å². The number of hydrogen-bond donors (Lipinski definition) is 1. The summed E-state index contributed by atoms with van der Waals surface area (Å²) in [5, 5.41) is 4.26. The second-order valence-electron chi connectivity index (χ2n) is 3.94. The number of benzene rings is 1. The van der Waals surface area contributed by atoms with Gasteiger partial charge in [0.05, 0.1) is 10.7 Å². The second kappa shape index (κ2) is 5.94. The van der Waals surface area contributed by atoms with Crippen LogP contribution in [-0.2, 0) is 0 Å². The molecule has 0 aromatic heterocycles. The number of hydrogen-bond acceptors (Lipinski definition) is 1. The summed E-state index contributed by atoms with van der Waals surface area (Å²) >= 11 is 8.42. The minimum absolute atomic E-state index is 0.451. The predicted octanol–water partition coefficient (Wildman–Crippen LogP) is 4.79. The van der Waals surface area contributed by atoms with E-state index in [0.717, 1.165) is 10.7 Å². The summed E-state index contributed by atoms with van der Waals surface area (Å²) in [6, 6.07) is 6.54. The first kappa shape index (κ1) is 13.1. The van der Waals surface area contributed by atoms with Crippen molar-refractivity contribution in [3.8, 4) is 0 Å². The van der Waals surface area contributed by atoms with Gasteiger partial charge in [0.25, 0.3) is 0 Å². The maximum absolute atomic E-state index is 6.15. The number of rotatable bonds is 4. The zero-order valence-corrected chi connectivity index (χ0v) is 12.3. The maximum Gasteiger partial charge on any atom is 0.0648 e. The molecule has 1 aromatic rings. The van der Waals surface area contributed by atoms with Gasteiger partial charge in [-0.25, -0.2) is 0 Å². The van der Waals surface area contributed by atoms with Gasteiger partial charge >= 0.3 is 0 Å². The lowest BCUT2D eigenvalue weighted by molar-refractivity contribution is 0.494. The summed E-state index contributed by atoms with van der Waals surface area (Å²) in [5.74, 6) is 0.653. The summed E-state index contributed by atoms with van der Waals surface area (Å²) in [6.07, 6.45) is 1.18. The fraction of sp³-hybridized carbons (Fsp3) is 0.500. The number of anilines is 1. The Bertz CT molecular complexity index is 327. The molecule has 0 fully saturated rings. The summed E-state index contributed by atoms with van der Waals surface area (Å²) in [4.78, 5) is 0. The zero-order chi connectivity index (χ0) is 11.4. The lowest BCUT2D eigenvalue weighted by Gasteiger charge is -2.21. The lowest BCUT2D eigenvalue weighted by atomic mass is 10.0. The molecule has 0 aliphatic rings. The van der Waals surface area contributed by atoms with Crippen molar-refractivity contribution in [3.05, 3.63) is 26.8 Å². The van der Waals surface area contributed by atoms with E-state index in [4.69, 9.17) is 11.6 Å². The van der Waals surface area contributed by atoms with Crippen molar-refractivity contribution in [2.45, 2.75) is 33.2 Å². The topological polar surface area (TPSA) is 12.0 Å². The van der Waals surface area contributed by atoms with Crippen molar-refractivity contribution in [3.63, 3.8) is 0 Å². The van der Waals surface area contributed by atoms with Crippen LogP contribution in [0.3, 0.4) is 0 Å². The lowest BCUT2D eigenvalue weighted by Crippen LogP contribution is -2.23. The molecule has 15 heavy (non-hydrogen) atoms. The van der Waals surface area contributed by atoms with E-state index in [2.05, 4.69) is 54.7 Å². The summed E-state index contributed by atoms with van der Waals surface area (Å²) in [5.41, 5.74) is 1.03. The Hall–Kier alpha value is 0.0400. The first-order valence-corrected chi connectivity index (χ1v) is 6.71. The highest BCUT2D eigenvalue weighted by molar-refractivity contribution is 14.1. The second-order valence-corrected chi connectivity index (χ2v) is 5.60. The van der Waals surface area contributed by atoms with Gasteiger partial charge in [-0.2, -0.15) is 0 Å². The smallest absolute Gasteiger partial charge is 0.0648 e. The van der Waals surface area contributed by atoms with E-state index in [1.165, 1.54) is 9.99 Å². The quantitative estimate of drug-likeness (QED) is 0.779. The molecule has 1 rings (SSSR count). The SMILES string of the molecule is CCC(C)C(C)Nc1ccc(I)cc1Cl. The first-order chi connectivity index (χ1) is 7.04. The molecular weight excluding hydrogens is 320 g/mol. The Labute approximate surface area is 111 Å². The maximum atomic E-state index is 6.15. The third-order valence-corrected chi connectivity index (χ3v) is 3.80. The molecule has 0 aliphatic carbocycles. The Balaban J connectivity index is 2.72. The minimum atomic E-state index is 0.451. The third kappa shape index (κ3) is 3.83. The third-order valence-electron chi connectivity index (χ3n) is 2.81. The van der Waals surface area contributed by atoms with E-state index >= 15 is 0 Å². The fourth-order valence-corrected chi connectivity index (χ4v) is 2.26. The van der Waals surface area contributed by atoms with Crippen LogP contribution in [0.15, 0.2) is 18.2 Å². The highest BCUT2D eigenvalue weighted by Gasteiger charge is 2.11. The Morgan fingerprint density at radius 3 is 2.60 bits per heavy atom. The van der Waals surface area contributed by atoms with E-state index in [-0.39, 0.29) is 0 Å². The summed E-state index contributed by atoms with van der Waals surface area (Å²) in [6.45, 7) is 6.65. The van der Waals surface area contributed by atoms with Crippen molar-refractivity contribution < 1.29 is 0 Å². The van der Waals surface area contributed by atoms with Gasteiger partial charge in [0.1, 0.15) is 0 Å². The largest absolute Gasteiger partial charge is 0.381 e. The summed E-state index contributed by atoms with van der Waals surface area (Å²) in [7, 11) is 0. The van der Waals surface area contributed by atoms with Crippen LogP contribution < -0.4 is 5.32 Å². The predicted molar refractivity (Wildman–Crippen MR) is 76.7 cm³/mol. The van der Waals surface area contributed by atoms with Crippen LogP contribution in [0.1, 0.15) is 27.2 Å². The van der Waals surface area contributed by atoms with Crippen LogP contribution in [0.25, 0.3) is 0 Å². The molecule has 2 unspecified atom stereocenters. The van der Waals surface area contributed by atoms with Gasteiger partial charge in [-0.05, 0) is 53.6 Å². The van der Waals surface area contributed by atoms with Crippen molar-refractivity contribution in [1.82, 2.24) is 0 Å². The monoisotopic (exact) mass is 337 g/mol. The van der Waals surface area contributed by atoms with Gasteiger partial charge in [-0.1, -0.05) is 31.9 Å². The molecule has 3 heteroatoms. The molecule has 1 aromatic carbocycles. The molecule has 0 saturated heterocycles. The zero-order valence-electron chi connectivity index (χ0n) is 9.35. The van der Waals surface area contributed by atoms with Crippen molar-refractivity contribution in [2.24, 2.45) is 5.92 Å². The van der Waals surface area contributed by atoms with Gasteiger partial charge < -0.3 is 5.32 Å². The van der Waals surface area contributed by atoms with Crippen LogP contribution >= 0.6 is 34.2 Å². The van der Waals surface area contributed by atoms with Crippen LogP contribution in [0.2, 0.25) is 5.02 Å². The Morgan fingerprint density at radius 2 is 2.07 bits per heavy atom. The fourth-order valence-electron chi connectivity index (χ4n) is 1.35.